The van der Waals surface area contributed by atoms with Gasteiger partial charge < -0.3 is 44.2 Å². The Labute approximate surface area is 273 Å². The summed E-state index contributed by atoms with van der Waals surface area (Å²) < 4.78 is 17.2. The molecule has 0 aliphatic carbocycles. The average Bonchev–Trinajstić information content (AvgIpc) is 3.50. The summed E-state index contributed by atoms with van der Waals surface area (Å²) in [5.41, 5.74) is -0.732. The number of allylic oxidation sites excluding steroid dienone is 2. The second-order valence-electron chi connectivity index (χ2n) is 13.5. The molecule has 12 nitrogen and oxygen atoms in total. The van der Waals surface area contributed by atoms with E-state index in [1.807, 2.05) is 46.0 Å². The molecule has 2 unspecified atom stereocenters. The summed E-state index contributed by atoms with van der Waals surface area (Å²) in [5.74, 6) is -0.998. The van der Waals surface area contributed by atoms with Crippen molar-refractivity contribution < 1.29 is 43.9 Å². The Morgan fingerprint density at radius 2 is 1.83 bits per heavy atom. The minimum atomic E-state index is -1.47. The van der Waals surface area contributed by atoms with Crippen molar-refractivity contribution in [2.24, 2.45) is 11.8 Å². The van der Waals surface area contributed by atoms with Gasteiger partial charge in [0.15, 0.2) is 6.10 Å². The third-order valence-corrected chi connectivity index (χ3v) is 9.12. The highest BCUT2D eigenvalue weighted by atomic mass is 16.6. The molecule has 0 radical (unpaired) electrons. The van der Waals surface area contributed by atoms with Crippen molar-refractivity contribution in [1.29, 1.82) is 0 Å². The zero-order valence-corrected chi connectivity index (χ0v) is 28.3. The number of hydrogen-bond donors (Lipinski definition) is 3. The molecule has 3 rings (SSSR count). The average molecular weight is 650 g/mol. The van der Waals surface area contributed by atoms with Gasteiger partial charge >= 0.3 is 18.2 Å². The van der Waals surface area contributed by atoms with Crippen LogP contribution in [-0.2, 0) is 19.0 Å². The quantitative estimate of drug-likeness (QED) is 0.162. The van der Waals surface area contributed by atoms with Crippen LogP contribution < -0.4 is 0 Å². The summed E-state index contributed by atoms with van der Waals surface area (Å²) in [4.78, 5) is 43.7. The van der Waals surface area contributed by atoms with E-state index in [0.717, 1.165) is 31.5 Å². The molecule has 260 valence electrons. The fraction of sp³-hybridized carbons (Fsp3) is 0.735. The zero-order valence-electron chi connectivity index (χ0n) is 28.3. The van der Waals surface area contributed by atoms with Gasteiger partial charge in [-0.1, -0.05) is 38.2 Å². The van der Waals surface area contributed by atoms with E-state index in [9.17, 15) is 29.7 Å². The lowest BCUT2D eigenvalue weighted by Gasteiger charge is -2.36. The van der Waals surface area contributed by atoms with E-state index < -0.39 is 48.2 Å². The van der Waals surface area contributed by atoms with E-state index in [0.29, 0.717) is 19.6 Å². The summed E-state index contributed by atoms with van der Waals surface area (Å²) in [6.45, 7) is 12.1. The minimum Gasteiger partial charge on any atom is -0.457 e. The molecule has 0 aromatic carbocycles. The van der Waals surface area contributed by atoms with Gasteiger partial charge in [0.2, 0.25) is 0 Å². The van der Waals surface area contributed by atoms with Crippen LogP contribution in [0.25, 0.3) is 0 Å². The third-order valence-electron chi connectivity index (χ3n) is 9.12. The first-order chi connectivity index (χ1) is 21.7. The highest BCUT2D eigenvalue weighted by Crippen LogP contribution is 2.28. The molecule has 0 aromatic heterocycles. The molecule has 3 N–H and O–H groups in total. The molecule has 3 aliphatic rings. The lowest BCUT2D eigenvalue weighted by molar-refractivity contribution is -0.151. The molecule has 2 amide bonds. The normalized spacial score (nSPS) is 32.7. The van der Waals surface area contributed by atoms with Gasteiger partial charge in [0.25, 0.3) is 0 Å². The highest BCUT2D eigenvalue weighted by Gasteiger charge is 2.37. The van der Waals surface area contributed by atoms with E-state index in [4.69, 9.17) is 14.2 Å². The molecule has 12 heteroatoms. The number of rotatable bonds is 7. The maximum atomic E-state index is 13.0. The van der Waals surface area contributed by atoms with Crippen LogP contribution >= 0.6 is 0 Å². The first kappa shape index (κ1) is 37.5. The molecular weight excluding hydrogens is 594 g/mol. The van der Waals surface area contributed by atoms with Gasteiger partial charge in [-0.25, -0.2) is 9.59 Å². The van der Waals surface area contributed by atoms with Crippen molar-refractivity contribution in [2.75, 3.05) is 46.4 Å². The topological polar surface area (TPSA) is 149 Å². The van der Waals surface area contributed by atoms with Crippen LogP contribution in [0.5, 0.6) is 0 Å². The SMILES string of the molecule is C/C(=C\C=C\[C@H](C)COC(=O)N1CCCC1C(C)O)[C@H]1OC(=O)C[C@@H](O)CC[C@](C)(O)[C@H](OC(=O)N2CCN(C)CC2)/C=C/[C@@H]1C. The van der Waals surface area contributed by atoms with Crippen LogP contribution in [0, 0.1) is 11.8 Å². The summed E-state index contributed by atoms with van der Waals surface area (Å²) in [7, 11) is 1.99. The van der Waals surface area contributed by atoms with Gasteiger partial charge in [-0.3, -0.25) is 4.79 Å². The summed E-state index contributed by atoms with van der Waals surface area (Å²) in [5, 5.41) is 31.8. The van der Waals surface area contributed by atoms with Gasteiger partial charge in [0.05, 0.1) is 31.3 Å². The van der Waals surface area contributed by atoms with E-state index >= 15 is 0 Å². The van der Waals surface area contributed by atoms with Gasteiger partial charge in [-0.05, 0) is 65.2 Å². The van der Waals surface area contributed by atoms with Crippen LogP contribution in [-0.4, -0.2) is 131 Å². The Morgan fingerprint density at radius 3 is 2.50 bits per heavy atom. The number of aliphatic hydroxyl groups is 3. The van der Waals surface area contributed by atoms with E-state index in [1.54, 1.807) is 35.8 Å². The predicted octanol–water partition coefficient (Wildman–Crippen LogP) is 3.26. The van der Waals surface area contributed by atoms with Crippen LogP contribution in [0.2, 0.25) is 0 Å². The molecule has 0 bridgehead atoms. The number of carbonyl (C=O) groups excluding carboxylic acids is 3. The van der Waals surface area contributed by atoms with Crippen molar-refractivity contribution in [2.45, 2.75) is 103 Å². The van der Waals surface area contributed by atoms with Crippen LogP contribution in [0.1, 0.15) is 66.7 Å². The second kappa shape index (κ2) is 17.3. The Hall–Kier alpha value is -2.93. The van der Waals surface area contributed by atoms with E-state index in [1.165, 1.54) is 0 Å². The summed E-state index contributed by atoms with van der Waals surface area (Å²) in [6, 6.07) is -0.222. The number of aliphatic hydroxyl groups excluding tert-OH is 2. The number of cyclic esters (lactones) is 1. The monoisotopic (exact) mass is 649 g/mol. The first-order valence-corrected chi connectivity index (χ1v) is 16.6. The molecular formula is C34H55N3O9. The number of likely N-dealkylation sites (tertiary alicyclic amines) is 1. The number of likely N-dealkylation sites (N-methyl/N-ethyl adjacent to an activating group) is 1. The van der Waals surface area contributed by atoms with Crippen LogP contribution in [0.3, 0.4) is 0 Å². The number of ether oxygens (including phenoxy) is 3. The Balaban J connectivity index is 1.69. The second-order valence-corrected chi connectivity index (χ2v) is 13.5. The molecule has 2 fully saturated rings. The minimum absolute atomic E-state index is 0.0927. The fourth-order valence-corrected chi connectivity index (χ4v) is 5.98. The fourth-order valence-electron chi connectivity index (χ4n) is 5.98. The van der Waals surface area contributed by atoms with E-state index in [-0.39, 0.29) is 43.7 Å². The Bertz CT molecular complexity index is 1110. The van der Waals surface area contributed by atoms with E-state index in [2.05, 4.69) is 4.90 Å². The van der Waals surface area contributed by atoms with Crippen molar-refractivity contribution in [3.05, 3.63) is 36.0 Å². The number of nitrogens with zero attached hydrogens (tertiary/aromatic N) is 3. The van der Waals surface area contributed by atoms with Gasteiger partial charge in [0.1, 0.15) is 11.7 Å². The van der Waals surface area contributed by atoms with Gasteiger partial charge in [-0.15, -0.1) is 0 Å². The zero-order chi connectivity index (χ0) is 34.0. The highest BCUT2D eigenvalue weighted by molar-refractivity contribution is 5.70. The molecule has 46 heavy (non-hydrogen) atoms. The molecule has 0 aromatic rings. The smallest absolute Gasteiger partial charge is 0.410 e. The van der Waals surface area contributed by atoms with Gasteiger partial charge in [-0.2, -0.15) is 0 Å². The first-order valence-electron chi connectivity index (χ1n) is 16.6. The number of carbonyl (C=O) groups is 3. The van der Waals surface area contributed by atoms with Crippen molar-refractivity contribution in [3.8, 4) is 0 Å². The standard InChI is InChI=1S/C34H55N3O9/c1-23(22-44-33(42)37-16-8-11-28(37)26(4)38)9-7-10-24(2)31-25(3)12-13-29(45-32(41)36-19-17-35(6)18-20-36)34(5,43)15-14-27(39)21-30(40)46-31/h7,9-10,12-13,23,25-29,31,38-39,43H,8,11,14-22H2,1-6H3/b9-7+,13-12+,24-10+/t23-,25-,26?,27-,28?,29+,31+,34-/m0/s1. The summed E-state index contributed by atoms with van der Waals surface area (Å²) >= 11 is 0. The molecule has 0 saturated carbocycles. The maximum Gasteiger partial charge on any atom is 0.410 e. The Kier molecular flexibility index (Phi) is 14.1. The lowest BCUT2D eigenvalue weighted by Crippen LogP contribution is -2.50. The van der Waals surface area contributed by atoms with Crippen LogP contribution in [0.4, 0.5) is 9.59 Å². The van der Waals surface area contributed by atoms with Crippen molar-refractivity contribution in [3.63, 3.8) is 0 Å². The van der Waals surface area contributed by atoms with Crippen molar-refractivity contribution >= 4 is 18.2 Å². The molecule has 2 saturated heterocycles. The van der Waals surface area contributed by atoms with Crippen LogP contribution in [0.15, 0.2) is 36.0 Å². The third kappa shape index (κ3) is 11.1. The Morgan fingerprint density at radius 1 is 1.13 bits per heavy atom. The predicted molar refractivity (Wildman–Crippen MR) is 173 cm³/mol. The number of hydrogen-bond acceptors (Lipinski definition) is 10. The largest absolute Gasteiger partial charge is 0.457 e. The molecule has 3 heterocycles. The lowest BCUT2D eigenvalue weighted by atomic mass is 9.89. The van der Waals surface area contributed by atoms with Crippen molar-refractivity contribution in [1.82, 2.24) is 14.7 Å². The molecule has 3 aliphatic heterocycles. The molecule has 8 atom stereocenters. The number of esters is 1. The molecule has 0 spiro atoms. The summed E-state index contributed by atoms with van der Waals surface area (Å²) in [6.07, 6.45) is 6.34. The maximum absolute atomic E-state index is 13.0. The van der Waals surface area contributed by atoms with Gasteiger partial charge in [0, 0.05) is 44.6 Å². The number of amides is 2. The number of piperazine rings is 1.